The van der Waals surface area contributed by atoms with Crippen molar-refractivity contribution in [1.82, 2.24) is 26.4 Å². The van der Waals surface area contributed by atoms with Crippen LogP contribution < -0.4 is 21.3 Å². The number of amides is 4. The van der Waals surface area contributed by atoms with E-state index < -0.39 is 35.8 Å². The van der Waals surface area contributed by atoms with Gasteiger partial charge in [-0.15, -0.1) is 0 Å². The minimum atomic E-state index is -1.05. The Bertz CT molecular complexity index is 1460. The number of nitrogens with one attached hydrogen (secondary N) is 4. The van der Waals surface area contributed by atoms with Crippen LogP contribution in [-0.2, 0) is 25.6 Å². The van der Waals surface area contributed by atoms with Gasteiger partial charge < -0.3 is 30.6 Å². The third kappa shape index (κ3) is 8.50. The molecule has 4 rings (SSSR count). The molecule has 1 fully saturated rings. The molecule has 228 valence electrons. The van der Waals surface area contributed by atoms with Gasteiger partial charge in [-0.25, -0.2) is 0 Å². The maximum absolute atomic E-state index is 13.8. The highest BCUT2D eigenvalue weighted by atomic mass is 16.5. The van der Waals surface area contributed by atoms with Crippen molar-refractivity contribution in [2.24, 2.45) is 11.8 Å². The van der Waals surface area contributed by atoms with Gasteiger partial charge in [0.1, 0.15) is 24.1 Å². The standard InChI is InChI=1S/C32H39N5O6/c1-19(2)14-26(30(40)34-24(18-38)16-23-11-7-13-33-29(23)39)35-31(41)27(36-32(42)28-15-20(3)43-37-28)17-22-10-6-9-21-8-4-5-12-25(21)22/h4-6,8-10,12,15,18-19,23-24,26-27H,7,11,13-14,16-17H2,1-3H3,(H,33,39)(H,34,40)(H,35,41)(H,36,42)/t23-,24?,26?,27?/m0/s1. The molecule has 3 unspecified atom stereocenters. The quantitative estimate of drug-likeness (QED) is 0.223. The van der Waals surface area contributed by atoms with Gasteiger partial charge >= 0.3 is 0 Å². The zero-order valence-electron chi connectivity index (χ0n) is 24.7. The van der Waals surface area contributed by atoms with Crippen LogP contribution in [0, 0.1) is 18.8 Å². The van der Waals surface area contributed by atoms with E-state index >= 15 is 0 Å². The first-order chi connectivity index (χ1) is 20.6. The van der Waals surface area contributed by atoms with Crippen molar-refractivity contribution in [3.63, 3.8) is 0 Å². The highest BCUT2D eigenvalue weighted by molar-refractivity contribution is 5.98. The van der Waals surface area contributed by atoms with Gasteiger partial charge in [0, 0.05) is 24.9 Å². The number of nitrogens with zero attached hydrogens (tertiary/aromatic N) is 1. The summed E-state index contributed by atoms with van der Waals surface area (Å²) in [5.41, 5.74) is 0.872. The number of aryl methyl sites for hydroxylation is 1. The van der Waals surface area contributed by atoms with Crippen LogP contribution in [0.3, 0.4) is 0 Å². The normalized spacial score (nSPS) is 17.0. The minimum Gasteiger partial charge on any atom is -0.361 e. The van der Waals surface area contributed by atoms with Crippen LogP contribution in [-0.4, -0.2) is 59.7 Å². The predicted octanol–water partition coefficient (Wildman–Crippen LogP) is 2.61. The van der Waals surface area contributed by atoms with Gasteiger partial charge in [-0.05, 0) is 54.9 Å². The summed E-state index contributed by atoms with van der Waals surface area (Å²) in [5.74, 6) is -1.71. The Labute approximate surface area is 250 Å². The summed E-state index contributed by atoms with van der Waals surface area (Å²) in [7, 11) is 0. The van der Waals surface area contributed by atoms with Gasteiger partial charge in [-0.1, -0.05) is 61.5 Å². The largest absolute Gasteiger partial charge is 0.361 e. The van der Waals surface area contributed by atoms with E-state index in [1.807, 2.05) is 56.3 Å². The molecular weight excluding hydrogens is 550 g/mol. The van der Waals surface area contributed by atoms with E-state index in [9.17, 15) is 24.0 Å². The zero-order valence-corrected chi connectivity index (χ0v) is 24.7. The molecule has 4 atom stereocenters. The molecular formula is C32H39N5O6. The Morgan fingerprint density at radius 2 is 1.79 bits per heavy atom. The summed E-state index contributed by atoms with van der Waals surface area (Å²) in [5, 5.41) is 16.8. The number of fused-ring (bicyclic) bond motifs is 1. The van der Waals surface area contributed by atoms with Crippen LogP contribution >= 0.6 is 0 Å². The zero-order chi connectivity index (χ0) is 30.9. The van der Waals surface area contributed by atoms with Gasteiger partial charge in [0.2, 0.25) is 17.7 Å². The molecule has 11 nitrogen and oxygen atoms in total. The number of hydrogen-bond donors (Lipinski definition) is 4. The van der Waals surface area contributed by atoms with Crippen LogP contribution in [0.5, 0.6) is 0 Å². The molecule has 0 spiro atoms. The number of carbonyl (C=O) groups excluding carboxylic acids is 5. The Balaban J connectivity index is 1.54. The van der Waals surface area contributed by atoms with Crippen molar-refractivity contribution in [2.45, 2.75) is 71.0 Å². The van der Waals surface area contributed by atoms with Crippen molar-refractivity contribution in [3.05, 3.63) is 65.5 Å². The maximum Gasteiger partial charge on any atom is 0.274 e. The molecule has 0 radical (unpaired) electrons. The molecule has 4 amide bonds. The molecule has 43 heavy (non-hydrogen) atoms. The van der Waals surface area contributed by atoms with Crippen molar-refractivity contribution in [1.29, 1.82) is 0 Å². The van der Waals surface area contributed by atoms with Crippen LogP contribution in [0.2, 0.25) is 0 Å². The van der Waals surface area contributed by atoms with E-state index in [2.05, 4.69) is 26.4 Å². The average molecular weight is 590 g/mol. The van der Waals surface area contributed by atoms with Gasteiger partial charge in [0.25, 0.3) is 5.91 Å². The SMILES string of the molecule is Cc1cc(C(=O)NC(Cc2cccc3ccccc23)C(=O)NC(CC(C)C)C(=O)NC(C=O)C[C@@H]2CCCNC2=O)no1. The van der Waals surface area contributed by atoms with E-state index in [-0.39, 0.29) is 36.3 Å². The Morgan fingerprint density at radius 1 is 1.05 bits per heavy atom. The third-order valence-electron chi connectivity index (χ3n) is 7.56. The molecule has 0 saturated carbocycles. The lowest BCUT2D eigenvalue weighted by molar-refractivity contribution is -0.132. The molecule has 1 aliphatic heterocycles. The lowest BCUT2D eigenvalue weighted by Gasteiger charge is -2.27. The van der Waals surface area contributed by atoms with Crippen molar-refractivity contribution in [3.8, 4) is 0 Å². The van der Waals surface area contributed by atoms with E-state index in [4.69, 9.17) is 4.52 Å². The summed E-state index contributed by atoms with van der Waals surface area (Å²) >= 11 is 0. The number of rotatable bonds is 13. The fourth-order valence-electron chi connectivity index (χ4n) is 5.38. The maximum atomic E-state index is 13.8. The number of piperidine rings is 1. The lowest BCUT2D eigenvalue weighted by atomic mass is 9.91. The average Bonchev–Trinajstić information content (AvgIpc) is 3.43. The first kappa shape index (κ1) is 31.4. The number of aldehydes is 1. The highest BCUT2D eigenvalue weighted by Gasteiger charge is 2.31. The molecule has 1 aliphatic rings. The second-order valence-corrected chi connectivity index (χ2v) is 11.5. The first-order valence-corrected chi connectivity index (χ1v) is 14.7. The molecule has 11 heteroatoms. The predicted molar refractivity (Wildman–Crippen MR) is 160 cm³/mol. The van der Waals surface area contributed by atoms with Crippen LogP contribution in [0.1, 0.15) is 61.3 Å². The lowest BCUT2D eigenvalue weighted by Crippen LogP contribution is -2.56. The van der Waals surface area contributed by atoms with Gasteiger partial charge in [0.15, 0.2) is 5.69 Å². The van der Waals surface area contributed by atoms with Crippen molar-refractivity contribution < 1.29 is 28.5 Å². The Hall–Kier alpha value is -4.54. The molecule has 3 aromatic rings. The van der Waals surface area contributed by atoms with Gasteiger partial charge in [0.05, 0.1) is 6.04 Å². The van der Waals surface area contributed by atoms with Crippen LogP contribution in [0.25, 0.3) is 10.8 Å². The monoisotopic (exact) mass is 589 g/mol. The summed E-state index contributed by atoms with van der Waals surface area (Å²) in [6.07, 6.45) is 2.69. The first-order valence-electron chi connectivity index (χ1n) is 14.7. The molecule has 0 aliphatic carbocycles. The second-order valence-electron chi connectivity index (χ2n) is 11.5. The number of aromatic nitrogens is 1. The van der Waals surface area contributed by atoms with E-state index in [0.717, 1.165) is 22.8 Å². The number of hydrogen-bond acceptors (Lipinski definition) is 7. The fraction of sp³-hybridized carbons (Fsp3) is 0.438. The minimum absolute atomic E-state index is 0.0269. The van der Waals surface area contributed by atoms with Crippen molar-refractivity contribution >= 4 is 40.7 Å². The molecule has 1 aromatic heterocycles. The molecule has 2 heterocycles. The summed E-state index contributed by atoms with van der Waals surface area (Å²) < 4.78 is 5.03. The molecule has 4 N–H and O–H groups in total. The van der Waals surface area contributed by atoms with Crippen LogP contribution in [0.15, 0.2) is 53.1 Å². The number of benzene rings is 2. The highest BCUT2D eigenvalue weighted by Crippen LogP contribution is 2.21. The van der Waals surface area contributed by atoms with Gasteiger partial charge in [-0.3, -0.25) is 19.2 Å². The van der Waals surface area contributed by atoms with Gasteiger partial charge in [-0.2, -0.15) is 0 Å². The number of carbonyl (C=O) groups is 5. The third-order valence-corrected chi connectivity index (χ3v) is 7.56. The topological polar surface area (TPSA) is 160 Å². The van der Waals surface area contributed by atoms with E-state index in [1.54, 1.807) is 6.92 Å². The molecule has 1 saturated heterocycles. The van der Waals surface area contributed by atoms with Crippen molar-refractivity contribution in [2.75, 3.05) is 6.54 Å². The summed E-state index contributed by atoms with van der Waals surface area (Å²) in [6.45, 7) is 6.09. The van der Waals surface area contributed by atoms with E-state index in [0.29, 0.717) is 31.4 Å². The second kappa shape index (κ2) is 14.6. The van der Waals surface area contributed by atoms with E-state index in [1.165, 1.54) is 6.07 Å². The Kier molecular flexibility index (Phi) is 10.6. The van der Waals surface area contributed by atoms with Crippen LogP contribution in [0.4, 0.5) is 0 Å². The molecule has 0 bridgehead atoms. The fourth-order valence-corrected chi connectivity index (χ4v) is 5.38. The smallest absolute Gasteiger partial charge is 0.274 e. The summed E-state index contributed by atoms with van der Waals surface area (Å²) in [6, 6.07) is 12.1. The molecule has 2 aromatic carbocycles. The Morgan fingerprint density at radius 3 is 2.49 bits per heavy atom. The summed E-state index contributed by atoms with van der Waals surface area (Å²) in [4.78, 5) is 64.4.